The minimum atomic E-state index is -0.249. The minimum absolute atomic E-state index is 0.244. The van der Waals surface area contributed by atoms with Gasteiger partial charge in [-0.15, -0.1) is 11.6 Å². The molecule has 0 heterocycles. The van der Waals surface area contributed by atoms with Gasteiger partial charge in [-0.1, -0.05) is 18.2 Å². The van der Waals surface area contributed by atoms with Gasteiger partial charge in [0.05, 0.1) is 12.5 Å². The lowest BCUT2D eigenvalue weighted by molar-refractivity contribution is 0.414. The molecule has 0 radical (unpaired) electrons. The molecule has 1 nitrogen and oxygen atoms in total. The Morgan fingerprint density at radius 2 is 2.00 bits per heavy atom. The summed E-state index contributed by atoms with van der Waals surface area (Å²) in [6.07, 6.45) is 0.641. The van der Waals surface area contributed by atoms with Crippen LogP contribution in [0.3, 0.4) is 0 Å². The third kappa shape index (κ3) is 3.71. The van der Waals surface area contributed by atoms with Crippen molar-refractivity contribution < 1.29 is 9.13 Å². The van der Waals surface area contributed by atoms with E-state index in [2.05, 4.69) is 0 Å². The van der Waals surface area contributed by atoms with Gasteiger partial charge in [-0.25, -0.2) is 4.39 Å². The smallest absolute Gasteiger partial charge is 0.123 e. The predicted octanol–water partition coefficient (Wildman–Crippen LogP) is 4.67. The topological polar surface area (TPSA) is 9.23 Å². The van der Waals surface area contributed by atoms with Crippen molar-refractivity contribution in [1.29, 1.82) is 0 Å². The van der Waals surface area contributed by atoms with Gasteiger partial charge in [0.2, 0.25) is 0 Å². The molecule has 0 saturated heterocycles. The van der Waals surface area contributed by atoms with Crippen LogP contribution in [0.25, 0.3) is 0 Å². The second-order valence-corrected chi connectivity index (χ2v) is 5.11. The molecule has 0 saturated carbocycles. The highest BCUT2D eigenvalue weighted by molar-refractivity contribution is 6.20. The molecule has 0 aliphatic heterocycles. The van der Waals surface area contributed by atoms with Crippen LogP contribution >= 0.6 is 11.6 Å². The fourth-order valence-corrected chi connectivity index (χ4v) is 2.37. The first-order valence-corrected chi connectivity index (χ1v) is 6.56. The first-order chi connectivity index (χ1) is 9.08. The van der Waals surface area contributed by atoms with E-state index in [1.165, 1.54) is 12.1 Å². The quantitative estimate of drug-likeness (QED) is 0.739. The Hall–Kier alpha value is -1.54. The maximum absolute atomic E-state index is 13.4. The van der Waals surface area contributed by atoms with Crippen LogP contribution in [0.5, 0.6) is 5.75 Å². The van der Waals surface area contributed by atoms with Gasteiger partial charge in [-0.2, -0.15) is 0 Å². The zero-order valence-corrected chi connectivity index (χ0v) is 11.7. The highest BCUT2D eigenvalue weighted by atomic mass is 35.5. The number of halogens is 2. The van der Waals surface area contributed by atoms with Gasteiger partial charge < -0.3 is 4.74 Å². The van der Waals surface area contributed by atoms with Crippen LogP contribution in [-0.4, -0.2) is 7.11 Å². The monoisotopic (exact) mass is 278 g/mol. The Kier molecular flexibility index (Phi) is 4.43. The van der Waals surface area contributed by atoms with E-state index < -0.39 is 0 Å². The summed E-state index contributed by atoms with van der Waals surface area (Å²) in [4.78, 5) is 0. The first kappa shape index (κ1) is 13.9. The van der Waals surface area contributed by atoms with Gasteiger partial charge in [-0.3, -0.25) is 0 Å². The Balaban J connectivity index is 2.17. The molecular formula is C16H16ClFO. The van der Waals surface area contributed by atoms with Gasteiger partial charge in [-0.05, 0) is 54.3 Å². The number of aryl methyl sites for hydroxylation is 1. The molecule has 0 amide bonds. The summed E-state index contributed by atoms with van der Waals surface area (Å²) in [5.41, 5.74) is 2.76. The zero-order valence-electron chi connectivity index (χ0n) is 11.0. The largest absolute Gasteiger partial charge is 0.497 e. The summed E-state index contributed by atoms with van der Waals surface area (Å²) in [6.45, 7) is 1.86. The van der Waals surface area contributed by atoms with E-state index >= 15 is 0 Å². The highest BCUT2D eigenvalue weighted by Crippen LogP contribution is 2.27. The molecule has 2 rings (SSSR count). The summed E-state index contributed by atoms with van der Waals surface area (Å²) in [5.74, 6) is 0.558. The zero-order chi connectivity index (χ0) is 13.8. The average Bonchev–Trinajstić information content (AvgIpc) is 2.37. The molecule has 0 aromatic heterocycles. The van der Waals surface area contributed by atoms with Crippen molar-refractivity contribution >= 4 is 11.6 Å². The summed E-state index contributed by atoms with van der Waals surface area (Å²) < 4.78 is 18.5. The number of benzene rings is 2. The fourth-order valence-electron chi connectivity index (χ4n) is 2.07. The molecule has 0 aliphatic rings. The lowest BCUT2D eigenvalue weighted by atomic mass is 10.0. The molecule has 0 N–H and O–H groups in total. The van der Waals surface area contributed by atoms with Crippen LogP contribution < -0.4 is 4.74 Å². The summed E-state index contributed by atoms with van der Waals surface area (Å²) in [6, 6.07) is 12.7. The molecule has 0 bridgehead atoms. The van der Waals surface area contributed by atoms with Crippen molar-refractivity contribution in [2.45, 2.75) is 18.7 Å². The maximum Gasteiger partial charge on any atom is 0.123 e. The molecule has 19 heavy (non-hydrogen) atoms. The molecule has 1 unspecified atom stereocenters. The second kappa shape index (κ2) is 6.07. The molecule has 0 aliphatic carbocycles. The maximum atomic E-state index is 13.4. The van der Waals surface area contributed by atoms with Crippen LogP contribution in [0.4, 0.5) is 4.39 Å². The average molecular weight is 279 g/mol. The number of hydrogen-bond donors (Lipinski definition) is 0. The molecule has 0 spiro atoms. The predicted molar refractivity (Wildman–Crippen MR) is 76.4 cm³/mol. The normalized spacial score (nSPS) is 12.2. The molecule has 1 atom stereocenters. The Labute approximate surface area is 118 Å². The summed E-state index contributed by atoms with van der Waals surface area (Å²) in [5, 5.41) is -0.249. The van der Waals surface area contributed by atoms with E-state index in [-0.39, 0.29) is 11.2 Å². The number of methoxy groups -OCH3 is 1. The Bertz CT molecular complexity index is 548. The fraction of sp³-hybridized carbons (Fsp3) is 0.250. The van der Waals surface area contributed by atoms with Crippen LogP contribution in [0.15, 0.2) is 42.5 Å². The summed E-state index contributed by atoms with van der Waals surface area (Å²) in [7, 11) is 1.63. The van der Waals surface area contributed by atoms with E-state index in [1.807, 2.05) is 37.3 Å². The molecule has 100 valence electrons. The number of ether oxygens (including phenoxy) is 1. The third-order valence-electron chi connectivity index (χ3n) is 2.98. The van der Waals surface area contributed by atoms with Gasteiger partial charge in [0.25, 0.3) is 0 Å². The number of hydrogen-bond acceptors (Lipinski definition) is 1. The van der Waals surface area contributed by atoms with Crippen molar-refractivity contribution in [2.24, 2.45) is 0 Å². The molecule has 3 heteroatoms. The SMILES string of the molecule is COc1cccc(CC(Cl)c2cc(C)cc(F)c2)c1. The first-order valence-electron chi connectivity index (χ1n) is 6.12. The Morgan fingerprint density at radius 3 is 2.68 bits per heavy atom. The Morgan fingerprint density at radius 1 is 1.21 bits per heavy atom. The van der Waals surface area contributed by atoms with E-state index in [9.17, 15) is 4.39 Å². The van der Waals surface area contributed by atoms with Gasteiger partial charge >= 0.3 is 0 Å². The summed E-state index contributed by atoms with van der Waals surface area (Å²) >= 11 is 6.37. The standard InChI is InChI=1S/C16H16ClFO/c1-11-6-13(10-14(18)7-11)16(17)9-12-4-3-5-15(8-12)19-2/h3-8,10,16H,9H2,1-2H3. The van der Waals surface area contributed by atoms with Crippen LogP contribution in [0, 0.1) is 12.7 Å². The highest BCUT2D eigenvalue weighted by Gasteiger charge is 2.11. The molecule has 0 fully saturated rings. The van der Waals surface area contributed by atoms with Crippen LogP contribution in [0.2, 0.25) is 0 Å². The lowest BCUT2D eigenvalue weighted by Crippen LogP contribution is -1.98. The van der Waals surface area contributed by atoms with Crippen molar-refractivity contribution in [2.75, 3.05) is 7.11 Å². The van der Waals surface area contributed by atoms with E-state index in [0.717, 1.165) is 22.4 Å². The van der Waals surface area contributed by atoms with Crippen LogP contribution in [-0.2, 0) is 6.42 Å². The third-order valence-corrected chi connectivity index (χ3v) is 3.38. The molecule has 2 aromatic carbocycles. The van der Waals surface area contributed by atoms with Crippen molar-refractivity contribution in [3.05, 3.63) is 65.0 Å². The molecule has 2 aromatic rings. The van der Waals surface area contributed by atoms with Crippen LogP contribution in [0.1, 0.15) is 22.1 Å². The van der Waals surface area contributed by atoms with Gasteiger partial charge in [0.1, 0.15) is 11.6 Å². The number of alkyl halides is 1. The van der Waals surface area contributed by atoms with Crippen molar-refractivity contribution in [3.8, 4) is 5.75 Å². The van der Waals surface area contributed by atoms with Gasteiger partial charge in [0.15, 0.2) is 0 Å². The number of rotatable bonds is 4. The molecular weight excluding hydrogens is 263 g/mol. The second-order valence-electron chi connectivity index (χ2n) is 4.59. The minimum Gasteiger partial charge on any atom is -0.497 e. The van der Waals surface area contributed by atoms with Gasteiger partial charge in [0, 0.05) is 0 Å². The van der Waals surface area contributed by atoms with E-state index in [0.29, 0.717) is 6.42 Å². The van der Waals surface area contributed by atoms with E-state index in [1.54, 1.807) is 7.11 Å². The van der Waals surface area contributed by atoms with E-state index in [4.69, 9.17) is 16.3 Å². The van der Waals surface area contributed by atoms with Crippen molar-refractivity contribution in [3.63, 3.8) is 0 Å². The van der Waals surface area contributed by atoms with Crippen molar-refractivity contribution in [1.82, 2.24) is 0 Å². The lowest BCUT2D eigenvalue weighted by Gasteiger charge is -2.12.